The predicted octanol–water partition coefficient (Wildman–Crippen LogP) is 3.28. The molecule has 0 saturated heterocycles. The molecule has 1 amide bonds. The SMILES string of the molecule is CC(C)(C)OC(=O)Nc1cncc2ccc(C(=O)O)cc12. The molecule has 1 aromatic carbocycles. The number of ether oxygens (including phenoxy) is 1. The number of fused-ring (bicyclic) bond motifs is 1. The molecule has 6 nitrogen and oxygen atoms in total. The first-order chi connectivity index (χ1) is 9.76. The van der Waals surface area contributed by atoms with Crippen LogP contribution in [0.4, 0.5) is 10.5 Å². The molecule has 0 saturated carbocycles. The van der Waals surface area contributed by atoms with Gasteiger partial charge >= 0.3 is 12.1 Å². The fraction of sp³-hybridized carbons (Fsp3) is 0.267. The summed E-state index contributed by atoms with van der Waals surface area (Å²) in [5, 5.41) is 13.0. The second-order valence-electron chi connectivity index (χ2n) is 5.56. The number of hydrogen-bond donors (Lipinski definition) is 2. The molecule has 6 heteroatoms. The van der Waals surface area contributed by atoms with E-state index in [1.165, 1.54) is 18.3 Å². The van der Waals surface area contributed by atoms with Crippen LogP contribution >= 0.6 is 0 Å². The molecule has 0 unspecified atom stereocenters. The Kier molecular flexibility index (Phi) is 3.80. The number of nitrogens with one attached hydrogen (secondary N) is 1. The van der Waals surface area contributed by atoms with E-state index in [2.05, 4.69) is 10.3 Å². The summed E-state index contributed by atoms with van der Waals surface area (Å²) >= 11 is 0. The largest absolute Gasteiger partial charge is 0.478 e. The van der Waals surface area contributed by atoms with Gasteiger partial charge in [-0.2, -0.15) is 0 Å². The van der Waals surface area contributed by atoms with Crippen LogP contribution < -0.4 is 5.32 Å². The molecule has 2 rings (SSSR count). The molecular weight excluding hydrogens is 272 g/mol. The van der Waals surface area contributed by atoms with E-state index in [-0.39, 0.29) is 5.56 Å². The van der Waals surface area contributed by atoms with Crippen LogP contribution in [-0.4, -0.2) is 27.8 Å². The average molecular weight is 288 g/mol. The zero-order valence-corrected chi connectivity index (χ0v) is 12.0. The van der Waals surface area contributed by atoms with Gasteiger partial charge in [-0.1, -0.05) is 6.07 Å². The quantitative estimate of drug-likeness (QED) is 0.885. The lowest BCUT2D eigenvalue weighted by Crippen LogP contribution is -2.27. The third kappa shape index (κ3) is 3.68. The van der Waals surface area contributed by atoms with Gasteiger partial charge in [0.15, 0.2) is 0 Å². The van der Waals surface area contributed by atoms with E-state index in [9.17, 15) is 9.59 Å². The summed E-state index contributed by atoms with van der Waals surface area (Å²) < 4.78 is 5.17. The zero-order chi connectivity index (χ0) is 15.6. The van der Waals surface area contributed by atoms with Gasteiger partial charge in [0.25, 0.3) is 0 Å². The Labute approximate surface area is 121 Å². The van der Waals surface area contributed by atoms with Crippen LogP contribution in [0.1, 0.15) is 31.1 Å². The van der Waals surface area contributed by atoms with Crippen molar-refractivity contribution in [3.63, 3.8) is 0 Å². The van der Waals surface area contributed by atoms with Crippen molar-refractivity contribution in [2.24, 2.45) is 0 Å². The Bertz CT molecular complexity index is 704. The number of aromatic nitrogens is 1. The molecule has 110 valence electrons. The number of aromatic carboxylic acids is 1. The minimum Gasteiger partial charge on any atom is -0.478 e. The Morgan fingerprint density at radius 3 is 2.57 bits per heavy atom. The van der Waals surface area contributed by atoms with Gasteiger partial charge in [0.2, 0.25) is 0 Å². The lowest BCUT2D eigenvalue weighted by atomic mass is 10.1. The third-order valence-corrected chi connectivity index (χ3v) is 2.64. The number of carboxylic acids is 1. The van der Waals surface area contributed by atoms with E-state index in [0.29, 0.717) is 11.1 Å². The van der Waals surface area contributed by atoms with Gasteiger partial charge in [-0.25, -0.2) is 9.59 Å². The maximum absolute atomic E-state index is 11.8. The van der Waals surface area contributed by atoms with Gasteiger partial charge in [-0.15, -0.1) is 0 Å². The topological polar surface area (TPSA) is 88.5 Å². The van der Waals surface area contributed by atoms with Crippen LogP contribution in [0.2, 0.25) is 0 Å². The number of nitrogens with zero attached hydrogens (tertiary/aromatic N) is 1. The molecule has 0 bridgehead atoms. The number of benzene rings is 1. The first-order valence-electron chi connectivity index (χ1n) is 6.37. The van der Waals surface area contributed by atoms with Crippen LogP contribution in [0.15, 0.2) is 30.6 Å². The van der Waals surface area contributed by atoms with Crippen molar-refractivity contribution in [1.29, 1.82) is 0 Å². The summed E-state index contributed by atoms with van der Waals surface area (Å²) in [6.45, 7) is 5.28. The fourth-order valence-corrected chi connectivity index (χ4v) is 1.81. The monoisotopic (exact) mass is 288 g/mol. The molecule has 0 aliphatic carbocycles. The summed E-state index contributed by atoms with van der Waals surface area (Å²) in [4.78, 5) is 26.9. The van der Waals surface area contributed by atoms with E-state index >= 15 is 0 Å². The summed E-state index contributed by atoms with van der Waals surface area (Å²) in [6.07, 6.45) is 2.44. The zero-order valence-electron chi connectivity index (χ0n) is 12.0. The van der Waals surface area contributed by atoms with Gasteiger partial charge in [0.1, 0.15) is 5.60 Å². The van der Waals surface area contributed by atoms with Crippen molar-refractivity contribution in [2.75, 3.05) is 5.32 Å². The Morgan fingerprint density at radius 1 is 1.24 bits per heavy atom. The lowest BCUT2D eigenvalue weighted by molar-refractivity contribution is 0.0634. The number of rotatable bonds is 2. The summed E-state index contributed by atoms with van der Waals surface area (Å²) in [5.41, 5.74) is -0.0697. The third-order valence-electron chi connectivity index (χ3n) is 2.64. The normalized spacial score (nSPS) is 11.2. The highest BCUT2D eigenvalue weighted by Crippen LogP contribution is 2.24. The maximum atomic E-state index is 11.8. The van der Waals surface area contributed by atoms with E-state index < -0.39 is 17.7 Å². The maximum Gasteiger partial charge on any atom is 0.412 e. The molecule has 0 radical (unpaired) electrons. The molecule has 1 aromatic heterocycles. The smallest absolute Gasteiger partial charge is 0.412 e. The highest BCUT2D eigenvalue weighted by Gasteiger charge is 2.17. The Balaban J connectivity index is 2.37. The first kappa shape index (κ1) is 14.8. The summed E-state index contributed by atoms with van der Waals surface area (Å²) in [7, 11) is 0. The predicted molar refractivity (Wildman–Crippen MR) is 78.6 cm³/mol. The number of anilines is 1. The molecule has 0 atom stereocenters. The second kappa shape index (κ2) is 5.40. The number of carboxylic acid groups (broad SMARTS) is 1. The van der Waals surface area contributed by atoms with Crippen LogP contribution in [0.3, 0.4) is 0 Å². The molecule has 21 heavy (non-hydrogen) atoms. The van der Waals surface area contributed by atoms with Crippen molar-refractivity contribution < 1.29 is 19.4 Å². The standard InChI is InChI=1S/C15H16N2O4/c1-15(2,3)21-14(20)17-12-8-16-7-10-5-4-9(13(18)19)6-11(10)12/h4-8H,1-3H3,(H,17,20)(H,18,19). The lowest BCUT2D eigenvalue weighted by Gasteiger charge is -2.20. The Hall–Kier alpha value is -2.63. The minimum absolute atomic E-state index is 0.140. The molecule has 0 aliphatic heterocycles. The van der Waals surface area contributed by atoms with E-state index in [0.717, 1.165) is 5.39 Å². The van der Waals surface area contributed by atoms with Gasteiger partial charge in [-0.3, -0.25) is 10.3 Å². The number of amides is 1. The molecular formula is C15H16N2O4. The van der Waals surface area contributed by atoms with E-state index in [4.69, 9.17) is 9.84 Å². The first-order valence-corrected chi connectivity index (χ1v) is 6.37. The van der Waals surface area contributed by atoms with Crippen molar-refractivity contribution in [2.45, 2.75) is 26.4 Å². The fourth-order valence-electron chi connectivity index (χ4n) is 1.81. The summed E-state index contributed by atoms with van der Waals surface area (Å²) in [5.74, 6) is -1.03. The number of hydrogen-bond acceptors (Lipinski definition) is 4. The molecule has 0 aliphatic rings. The molecule has 2 N–H and O–H groups in total. The average Bonchev–Trinajstić information content (AvgIpc) is 2.36. The molecule has 1 heterocycles. The highest BCUT2D eigenvalue weighted by molar-refractivity contribution is 6.02. The minimum atomic E-state index is -1.03. The van der Waals surface area contributed by atoms with Gasteiger partial charge < -0.3 is 9.84 Å². The molecule has 2 aromatic rings. The molecule has 0 fully saturated rings. The van der Waals surface area contributed by atoms with Crippen LogP contribution in [-0.2, 0) is 4.74 Å². The Morgan fingerprint density at radius 2 is 1.95 bits per heavy atom. The van der Waals surface area contributed by atoms with Crippen molar-refractivity contribution in [3.8, 4) is 0 Å². The van der Waals surface area contributed by atoms with Crippen molar-refractivity contribution >= 4 is 28.5 Å². The number of pyridine rings is 1. The van der Waals surface area contributed by atoms with Gasteiger partial charge in [0, 0.05) is 17.0 Å². The van der Waals surface area contributed by atoms with Gasteiger partial charge in [-0.05, 0) is 32.9 Å². The summed E-state index contributed by atoms with van der Waals surface area (Å²) in [6, 6.07) is 4.63. The van der Waals surface area contributed by atoms with Crippen molar-refractivity contribution in [3.05, 3.63) is 36.2 Å². The van der Waals surface area contributed by atoms with Crippen LogP contribution in [0, 0.1) is 0 Å². The highest BCUT2D eigenvalue weighted by atomic mass is 16.6. The number of carbonyl (C=O) groups excluding carboxylic acids is 1. The van der Waals surface area contributed by atoms with Gasteiger partial charge in [0.05, 0.1) is 17.4 Å². The second-order valence-corrected chi connectivity index (χ2v) is 5.56. The van der Waals surface area contributed by atoms with E-state index in [1.54, 1.807) is 33.0 Å². The van der Waals surface area contributed by atoms with E-state index in [1.807, 2.05) is 0 Å². The molecule has 0 spiro atoms. The van der Waals surface area contributed by atoms with Crippen LogP contribution in [0.5, 0.6) is 0 Å². The van der Waals surface area contributed by atoms with Crippen LogP contribution in [0.25, 0.3) is 10.8 Å². The number of carbonyl (C=O) groups is 2. The van der Waals surface area contributed by atoms with Crippen molar-refractivity contribution in [1.82, 2.24) is 4.98 Å².